The quantitative estimate of drug-likeness (QED) is 0.832. The Morgan fingerprint density at radius 2 is 2.36 bits per heavy atom. The molecule has 0 aliphatic heterocycles. The second-order valence-electron chi connectivity index (χ2n) is 3.06. The van der Waals surface area contributed by atoms with Crippen molar-refractivity contribution in [3.63, 3.8) is 0 Å². The molecule has 1 aromatic heterocycles. The Balaban J connectivity index is 2.25. The number of hydrogen-bond donors (Lipinski definition) is 1. The van der Waals surface area contributed by atoms with Gasteiger partial charge >= 0.3 is 0 Å². The largest absolute Gasteiger partial charge is 0.345 e. The van der Waals surface area contributed by atoms with E-state index in [1.165, 1.54) is 5.56 Å². The molecule has 1 aromatic carbocycles. The van der Waals surface area contributed by atoms with Crippen LogP contribution in [0, 0.1) is 0 Å². The average molecular weight is 251 g/mol. The molecule has 0 aliphatic carbocycles. The lowest BCUT2D eigenvalue weighted by Gasteiger charge is -1.93. The van der Waals surface area contributed by atoms with E-state index in [-0.39, 0.29) is 0 Å². The summed E-state index contributed by atoms with van der Waals surface area (Å²) < 4.78 is 0. The van der Waals surface area contributed by atoms with Crippen LogP contribution in [0.5, 0.6) is 0 Å². The number of aromatic nitrogens is 2. The van der Waals surface area contributed by atoms with E-state index in [1.807, 2.05) is 6.07 Å². The van der Waals surface area contributed by atoms with Gasteiger partial charge in [-0.25, -0.2) is 4.98 Å². The van der Waals surface area contributed by atoms with Gasteiger partial charge in [-0.3, -0.25) is 0 Å². The highest BCUT2D eigenvalue weighted by Gasteiger charge is 1.94. The third kappa shape index (κ3) is 2.04. The molecule has 0 spiro atoms. The fraction of sp³-hybridized carbons (Fsp3) is 0.182. The molecule has 1 N–H and O–H groups in total. The standard InChI is InChI=1S/C11H11BrN2/c12-6-2-1-3-9-4-5-10-11(7-9)14-8-13-10/h1,3-5,7-8H,2,6H2,(H,13,14). The van der Waals surface area contributed by atoms with Crippen molar-refractivity contribution >= 4 is 33.0 Å². The summed E-state index contributed by atoms with van der Waals surface area (Å²) in [6.45, 7) is 0. The van der Waals surface area contributed by atoms with Gasteiger partial charge in [0.15, 0.2) is 0 Å². The number of allylic oxidation sites excluding steroid dienone is 1. The first-order chi connectivity index (χ1) is 6.90. The smallest absolute Gasteiger partial charge is 0.0931 e. The normalized spacial score (nSPS) is 11.5. The van der Waals surface area contributed by atoms with Gasteiger partial charge < -0.3 is 4.98 Å². The number of hydrogen-bond acceptors (Lipinski definition) is 1. The number of rotatable bonds is 3. The molecule has 3 heteroatoms. The minimum absolute atomic E-state index is 1.01. The minimum atomic E-state index is 1.01. The molecule has 1 heterocycles. The number of nitrogens with one attached hydrogen (secondary N) is 1. The van der Waals surface area contributed by atoms with E-state index in [0.29, 0.717) is 0 Å². The molecule has 2 rings (SSSR count). The molecule has 0 amide bonds. The molecule has 0 saturated carbocycles. The average Bonchev–Trinajstić information content (AvgIpc) is 2.65. The van der Waals surface area contributed by atoms with E-state index >= 15 is 0 Å². The Morgan fingerprint density at radius 1 is 1.43 bits per heavy atom. The van der Waals surface area contributed by atoms with Crippen LogP contribution in [0.1, 0.15) is 12.0 Å². The number of benzene rings is 1. The van der Waals surface area contributed by atoms with Crippen molar-refractivity contribution in [1.82, 2.24) is 9.97 Å². The second-order valence-corrected chi connectivity index (χ2v) is 3.85. The highest BCUT2D eigenvalue weighted by Crippen LogP contribution is 2.12. The van der Waals surface area contributed by atoms with Crippen molar-refractivity contribution in [2.45, 2.75) is 6.42 Å². The van der Waals surface area contributed by atoms with Gasteiger partial charge in [-0.2, -0.15) is 0 Å². The van der Waals surface area contributed by atoms with Gasteiger partial charge in [0.05, 0.1) is 17.4 Å². The third-order valence-electron chi connectivity index (χ3n) is 2.03. The number of halogens is 1. The molecule has 0 fully saturated rings. The predicted octanol–water partition coefficient (Wildman–Crippen LogP) is 3.36. The predicted molar refractivity (Wildman–Crippen MR) is 63.5 cm³/mol. The van der Waals surface area contributed by atoms with Crippen LogP contribution in [0.4, 0.5) is 0 Å². The number of imidazole rings is 1. The summed E-state index contributed by atoms with van der Waals surface area (Å²) >= 11 is 3.39. The van der Waals surface area contributed by atoms with Gasteiger partial charge in [0, 0.05) is 5.33 Å². The molecule has 0 radical (unpaired) electrons. The summed E-state index contributed by atoms with van der Waals surface area (Å²) in [6, 6.07) is 6.21. The van der Waals surface area contributed by atoms with Crippen LogP contribution < -0.4 is 0 Å². The summed E-state index contributed by atoms with van der Waals surface area (Å²) in [7, 11) is 0. The monoisotopic (exact) mass is 250 g/mol. The highest BCUT2D eigenvalue weighted by atomic mass is 79.9. The maximum atomic E-state index is 4.17. The van der Waals surface area contributed by atoms with Crippen LogP contribution in [-0.2, 0) is 0 Å². The Bertz CT molecular complexity index is 445. The number of nitrogens with zero attached hydrogens (tertiary/aromatic N) is 1. The van der Waals surface area contributed by atoms with Crippen LogP contribution in [0.15, 0.2) is 30.6 Å². The summed E-state index contributed by atoms with van der Waals surface area (Å²) in [5.74, 6) is 0. The van der Waals surface area contributed by atoms with Crippen molar-refractivity contribution in [3.8, 4) is 0 Å². The molecule has 14 heavy (non-hydrogen) atoms. The van der Waals surface area contributed by atoms with E-state index in [2.05, 4.69) is 50.2 Å². The van der Waals surface area contributed by atoms with Gasteiger partial charge in [0.1, 0.15) is 0 Å². The number of alkyl halides is 1. The molecule has 0 bridgehead atoms. The van der Waals surface area contributed by atoms with E-state index in [9.17, 15) is 0 Å². The first-order valence-corrected chi connectivity index (χ1v) is 5.68. The second kappa shape index (κ2) is 4.42. The van der Waals surface area contributed by atoms with Crippen LogP contribution in [0.25, 0.3) is 17.1 Å². The van der Waals surface area contributed by atoms with E-state index < -0.39 is 0 Å². The molecular weight excluding hydrogens is 240 g/mol. The number of H-pyrrole nitrogens is 1. The summed E-state index contributed by atoms with van der Waals surface area (Å²) in [6.07, 6.45) is 7.06. The van der Waals surface area contributed by atoms with Crippen LogP contribution in [0.2, 0.25) is 0 Å². The van der Waals surface area contributed by atoms with Gasteiger partial charge in [0.2, 0.25) is 0 Å². The van der Waals surface area contributed by atoms with Gasteiger partial charge in [-0.1, -0.05) is 34.1 Å². The topological polar surface area (TPSA) is 28.7 Å². The van der Waals surface area contributed by atoms with Crippen molar-refractivity contribution in [2.24, 2.45) is 0 Å². The van der Waals surface area contributed by atoms with Crippen molar-refractivity contribution in [1.29, 1.82) is 0 Å². The fourth-order valence-electron chi connectivity index (χ4n) is 1.34. The Labute approximate surface area is 91.2 Å². The van der Waals surface area contributed by atoms with Gasteiger partial charge in [-0.15, -0.1) is 0 Å². The van der Waals surface area contributed by atoms with Gasteiger partial charge in [-0.05, 0) is 24.1 Å². The number of aromatic amines is 1. The van der Waals surface area contributed by atoms with E-state index in [4.69, 9.17) is 0 Å². The lowest BCUT2D eigenvalue weighted by atomic mass is 10.2. The third-order valence-corrected chi connectivity index (χ3v) is 2.49. The molecule has 72 valence electrons. The Kier molecular flexibility index (Phi) is 2.99. The van der Waals surface area contributed by atoms with Crippen LogP contribution in [-0.4, -0.2) is 15.3 Å². The molecule has 2 aromatic rings. The zero-order valence-corrected chi connectivity index (χ0v) is 9.29. The summed E-state index contributed by atoms with van der Waals surface area (Å²) in [5, 5.41) is 1.01. The zero-order valence-electron chi connectivity index (χ0n) is 7.70. The van der Waals surface area contributed by atoms with E-state index in [1.54, 1.807) is 6.33 Å². The van der Waals surface area contributed by atoms with Crippen LogP contribution in [0.3, 0.4) is 0 Å². The molecule has 0 unspecified atom stereocenters. The van der Waals surface area contributed by atoms with Crippen molar-refractivity contribution < 1.29 is 0 Å². The summed E-state index contributed by atoms with van der Waals surface area (Å²) in [5.41, 5.74) is 3.32. The summed E-state index contributed by atoms with van der Waals surface area (Å²) in [4.78, 5) is 7.27. The SMILES string of the molecule is BrCCC=Cc1ccc2nc[nH]c2c1. The molecule has 0 saturated heterocycles. The molecule has 2 nitrogen and oxygen atoms in total. The van der Waals surface area contributed by atoms with Crippen molar-refractivity contribution in [3.05, 3.63) is 36.2 Å². The lowest BCUT2D eigenvalue weighted by Crippen LogP contribution is -1.74. The molecule has 0 aliphatic rings. The lowest BCUT2D eigenvalue weighted by molar-refractivity contribution is 1.27. The fourth-order valence-corrected chi connectivity index (χ4v) is 1.60. The Morgan fingerprint density at radius 3 is 3.21 bits per heavy atom. The van der Waals surface area contributed by atoms with Crippen molar-refractivity contribution in [2.75, 3.05) is 5.33 Å². The first-order valence-electron chi connectivity index (χ1n) is 4.56. The highest BCUT2D eigenvalue weighted by molar-refractivity contribution is 9.09. The molecule has 0 atom stereocenters. The van der Waals surface area contributed by atoms with Crippen LogP contribution >= 0.6 is 15.9 Å². The maximum absolute atomic E-state index is 4.17. The van der Waals surface area contributed by atoms with Gasteiger partial charge in [0.25, 0.3) is 0 Å². The first kappa shape index (κ1) is 9.46. The van der Waals surface area contributed by atoms with E-state index in [0.717, 1.165) is 22.8 Å². The molecular formula is C11H11BrN2. The maximum Gasteiger partial charge on any atom is 0.0931 e. The minimum Gasteiger partial charge on any atom is -0.345 e. The zero-order chi connectivity index (χ0) is 9.80. The number of fused-ring (bicyclic) bond motifs is 1. The Hall–Kier alpha value is -1.09.